The quantitative estimate of drug-likeness (QED) is 0.0740. The molecule has 1 aliphatic carbocycles. The highest BCUT2D eigenvalue weighted by molar-refractivity contribution is 6.36. The van der Waals surface area contributed by atoms with Crippen molar-refractivity contribution in [2.45, 2.75) is 52.4 Å². The van der Waals surface area contributed by atoms with Crippen LogP contribution < -0.4 is 20.0 Å². The third-order valence-electron chi connectivity index (χ3n) is 20.1. The van der Waals surface area contributed by atoms with E-state index in [4.69, 9.17) is 39.8 Å². The molecule has 21 nitrogen and oxygen atoms in total. The Morgan fingerprint density at radius 2 is 1.00 bits per heavy atom. The van der Waals surface area contributed by atoms with E-state index in [0.717, 1.165) is 39.1 Å². The fourth-order valence-corrected chi connectivity index (χ4v) is 15.5. The molecule has 566 valence electrons. The number of phenolic OH excluding ortho intramolecular Hbond substituents is 2. The van der Waals surface area contributed by atoms with Crippen LogP contribution in [-0.4, -0.2) is 188 Å². The summed E-state index contributed by atoms with van der Waals surface area (Å²) in [6, 6.07) is 33.8. The molecule has 0 bridgehead atoms. The summed E-state index contributed by atoms with van der Waals surface area (Å²) in [5.74, 6) is -0.231. The minimum absolute atomic E-state index is 0.0215. The van der Waals surface area contributed by atoms with Gasteiger partial charge in [-0.2, -0.15) is 4.98 Å². The van der Waals surface area contributed by atoms with E-state index in [2.05, 4.69) is 30.2 Å². The number of hydrogen-bond acceptors (Lipinski definition) is 17. The predicted molar refractivity (Wildman–Crippen MR) is 428 cm³/mol. The molecular weight excluding hydrogens is 1470 g/mol. The first kappa shape index (κ1) is 76.8. The maximum Gasteiger partial charge on any atom is 0.246 e. The second kappa shape index (κ2) is 33.7. The van der Waals surface area contributed by atoms with E-state index >= 15 is 13.2 Å². The van der Waals surface area contributed by atoms with Gasteiger partial charge in [0.15, 0.2) is 17.5 Å². The summed E-state index contributed by atoms with van der Waals surface area (Å²) in [6.45, 7) is 12.4. The summed E-state index contributed by atoms with van der Waals surface area (Å²) in [7, 11) is 3.37. The average Bonchev–Trinajstić information content (AvgIpc) is 0.795. The topological polar surface area (TPSA) is 241 Å². The van der Waals surface area contributed by atoms with Crippen LogP contribution in [0, 0.1) is 17.5 Å². The molecule has 6 heterocycles. The summed E-state index contributed by atoms with van der Waals surface area (Å²) in [4.78, 5) is 88.4. The zero-order valence-electron chi connectivity index (χ0n) is 61.2. The number of aliphatic hydroxyl groups is 1. The lowest BCUT2D eigenvalue weighted by Gasteiger charge is -2.35. The number of aromatic hydroxyl groups is 2. The zero-order chi connectivity index (χ0) is 77.6. The van der Waals surface area contributed by atoms with Gasteiger partial charge in [0.05, 0.1) is 15.8 Å². The minimum atomic E-state index is -0.597. The molecule has 3 fully saturated rings. The molecule has 0 radical (unpaired) electrons. The van der Waals surface area contributed by atoms with Crippen molar-refractivity contribution in [3.63, 3.8) is 0 Å². The third-order valence-corrected chi connectivity index (χ3v) is 21.0. The largest absolute Gasteiger partial charge is 0.512 e. The van der Waals surface area contributed by atoms with Gasteiger partial charge >= 0.3 is 0 Å². The van der Waals surface area contributed by atoms with Crippen LogP contribution in [0.15, 0.2) is 164 Å². The number of amides is 4. The molecular formula is C83H80Cl3F3N14O7. The highest BCUT2D eigenvalue weighted by Gasteiger charge is 2.33. The number of rotatable bonds is 14. The van der Waals surface area contributed by atoms with Crippen molar-refractivity contribution < 1.29 is 47.7 Å². The Kier molecular flexibility index (Phi) is 23.5. The number of phenols is 2. The SMILES string of the molecule is C/C=C/C(=O)N1CCN(c2nc(NCCC(=O)N(C)C)nc3c(F)c([C@@H]4C=C(O)Cc5ccccc54)c(Cl)cc23)CC1.C/C=C/C(=O)N1CCN(c2ncnc3c(F)c(-c4cc(O)cc5ccccc45)c(Cl)cc23)CC1.CCCC(=O)N1CCN(c2ncnc3c(F)c(-c4cc(O)cc5ccccc45)c(Cl)cc23)CC1. The van der Waals surface area contributed by atoms with Crippen LogP contribution in [0.4, 0.5) is 36.6 Å². The Labute approximate surface area is 648 Å². The van der Waals surface area contributed by atoms with Crippen LogP contribution >= 0.6 is 34.8 Å². The van der Waals surface area contributed by atoms with Gasteiger partial charge in [-0.25, -0.2) is 38.1 Å². The molecule has 1 atom stereocenters. The number of aromatic nitrogens is 6. The minimum Gasteiger partial charge on any atom is -0.512 e. The maximum absolute atomic E-state index is 16.6. The molecule has 4 aliphatic rings. The van der Waals surface area contributed by atoms with Crippen molar-refractivity contribution in [3.8, 4) is 33.8 Å². The van der Waals surface area contributed by atoms with Crippen LogP contribution in [0.5, 0.6) is 11.5 Å². The monoisotopic (exact) mass is 1550 g/mol. The molecule has 15 rings (SSSR count). The number of nitrogens with one attached hydrogen (secondary N) is 1. The summed E-state index contributed by atoms with van der Waals surface area (Å²) < 4.78 is 48.5. The highest BCUT2D eigenvalue weighted by atomic mass is 35.5. The van der Waals surface area contributed by atoms with Crippen LogP contribution in [0.1, 0.15) is 62.6 Å². The Balaban J connectivity index is 0.000000146. The van der Waals surface area contributed by atoms with Crippen LogP contribution in [0.3, 0.4) is 0 Å². The second-order valence-electron chi connectivity index (χ2n) is 27.3. The van der Waals surface area contributed by atoms with Gasteiger partial charge in [-0.1, -0.05) is 127 Å². The van der Waals surface area contributed by atoms with E-state index in [0.29, 0.717) is 136 Å². The highest BCUT2D eigenvalue weighted by Crippen LogP contribution is 2.46. The van der Waals surface area contributed by atoms with Crippen molar-refractivity contribution in [1.82, 2.24) is 49.5 Å². The predicted octanol–water partition coefficient (Wildman–Crippen LogP) is 15.2. The van der Waals surface area contributed by atoms with Crippen LogP contribution in [-0.2, 0) is 25.6 Å². The molecule has 11 aromatic rings. The van der Waals surface area contributed by atoms with Crippen molar-refractivity contribution in [2.24, 2.45) is 0 Å². The first-order chi connectivity index (χ1) is 53.1. The molecule has 27 heteroatoms. The lowest BCUT2D eigenvalue weighted by molar-refractivity contribution is -0.131. The molecule has 0 saturated carbocycles. The lowest BCUT2D eigenvalue weighted by Crippen LogP contribution is -2.49. The normalized spacial score (nSPS) is 15.3. The number of carbonyl (C=O) groups excluding carboxylic acids is 4. The number of hydrogen-bond donors (Lipinski definition) is 4. The van der Waals surface area contributed by atoms with E-state index in [1.54, 1.807) is 91.5 Å². The number of aliphatic hydroxyl groups excluding tert-OH is 1. The number of fused-ring (bicyclic) bond motifs is 6. The molecule has 3 saturated heterocycles. The fourth-order valence-electron chi connectivity index (χ4n) is 14.6. The molecule has 4 amide bonds. The summed E-state index contributed by atoms with van der Waals surface area (Å²) in [6.07, 6.45) is 12.8. The molecule has 3 aliphatic heterocycles. The number of halogens is 6. The van der Waals surface area contributed by atoms with Gasteiger partial charge in [-0.3, -0.25) is 19.2 Å². The number of allylic oxidation sites excluding steroid dienone is 4. The number of nitrogens with zero attached hydrogens (tertiary/aromatic N) is 13. The molecule has 8 aromatic carbocycles. The number of piperazine rings is 3. The first-order valence-electron chi connectivity index (χ1n) is 36.3. The van der Waals surface area contributed by atoms with Gasteiger partial charge in [-0.05, 0) is 125 Å². The Morgan fingerprint density at radius 3 is 1.50 bits per heavy atom. The Morgan fingerprint density at radius 1 is 0.536 bits per heavy atom. The van der Waals surface area contributed by atoms with E-state index in [-0.39, 0.29) is 108 Å². The van der Waals surface area contributed by atoms with Crippen molar-refractivity contribution in [1.29, 1.82) is 0 Å². The zero-order valence-corrected chi connectivity index (χ0v) is 63.4. The molecule has 4 N–H and O–H groups in total. The second-order valence-corrected chi connectivity index (χ2v) is 28.5. The van der Waals surface area contributed by atoms with Crippen LogP contribution in [0.2, 0.25) is 15.1 Å². The Hall–Kier alpha value is -11.3. The summed E-state index contributed by atoms with van der Waals surface area (Å²) >= 11 is 20.1. The van der Waals surface area contributed by atoms with Gasteiger partial charge < -0.3 is 54.9 Å². The van der Waals surface area contributed by atoms with Gasteiger partial charge in [0.1, 0.15) is 58.2 Å². The van der Waals surface area contributed by atoms with Gasteiger partial charge in [-0.15, -0.1) is 0 Å². The fraction of sp³-hybridized carbons (Fsp3) is 0.277. The number of benzene rings is 8. The van der Waals surface area contributed by atoms with Gasteiger partial charge in [0, 0.05) is 162 Å². The lowest BCUT2D eigenvalue weighted by atomic mass is 9.82. The van der Waals surface area contributed by atoms with Crippen molar-refractivity contribution >= 4 is 136 Å². The van der Waals surface area contributed by atoms with Gasteiger partial charge in [0.25, 0.3) is 0 Å². The summed E-state index contributed by atoms with van der Waals surface area (Å²) in [5.41, 5.74) is 3.79. The third kappa shape index (κ3) is 16.1. The van der Waals surface area contributed by atoms with Gasteiger partial charge in [0.2, 0.25) is 29.6 Å². The van der Waals surface area contributed by atoms with Crippen molar-refractivity contribution in [2.75, 3.05) is 119 Å². The molecule has 110 heavy (non-hydrogen) atoms. The van der Waals surface area contributed by atoms with Crippen molar-refractivity contribution in [3.05, 3.63) is 213 Å². The molecule has 3 aromatic heterocycles. The van der Waals surface area contributed by atoms with E-state index in [1.165, 1.54) is 29.7 Å². The average molecular weight is 1550 g/mol. The first-order valence-corrected chi connectivity index (χ1v) is 37.4. The maximum atomic E-state index is 16.6. The molecule has 0 unspecified atom stereocenters. The Bertz CT molecular complexity index is 5490. The smallest absolute Gasteiger partial charge is 0.246 e. The molecule has 0 spiro atoms. The standard InChI is InChI=1S/C31H34ClFN6O3.C26H24ClFN4O2.C26H22ClFN4O2/c1-4-7-26(42)38-12-14-39(15-13-38)30-23-18-24(32)27(22-17-20(40)16-19-8-5-6-9-21(19)22)28(33)29(23)35-31(36-30)34-11-10-25(41)37(2)3;2*1-2-5-22(34)31-8-10-32(11-9-31)26-20-14-21(27)23(24(28)25(20)29-15-30-26)19-13-17(33)12-16-6-3-4-7-18(16)19/h4-9,17-18,22,40H,10-16H2,1-3H3,(H,34,35,36);3-4,6-7,12-15,33H,2,5,8-11H2,1H3;2-7,12-15,33H,8-11H2,1H3/b7-4+;;5-2+/t22-;;/m1../s1. The number of carbonyl (C=O) groups is 4. The van der Waals surface area contributed by atoms with Crippen LogP contribution in [0.25, 0.3) is 76.5 Å². The van der Waals surface area contributed by atoms with E-state index in [1.807, 2.05) is 106 Å². The van der Waals surface area contributed by atoms with E-state index in [9.17, 15) is 34.5 Å². The summed E-state index contributed by atoms with van der Waals surface area (Å²) in [5, 5.41) is 39.3. The number of anilines is 4. The van der Waals surface area contributed by atoms with E-state index < -0.39 is 23.4 Å².